The largest absolute Gasteiger partial charge is 0.0654 e. The zero-order chi connectivity index (χ0) is 30.8. The number of hydrogen-bond acceptors (Lipinski definition) is 0. The lowest BCUT2D eigenvalue weighted by atomic mass is 9.68. The first-order valence-corrected chi connectivity index (χ1v) is 19.1. The first kappa shape index (κ1) is 33.0. The Bertz CT molecular complexity index is 1200. The van der Waals surface area contributed by atoms with Gasteiger partial charge in [-0.25, -0.2) is 0 Å². The molecule has 0 bridgehead atoms. The summed E-state index contributed by atoms with van der Waals surface area (Å²) in [5.41, 5.74) is 13.1. The minimum absolute atomic E-state index is 0.158. The van der Waals surface area contributed by atoms with Gasteiger partial charge in [0.05, 0.1) is 0 Å². The van der Waals surface area contributed by atoms with E-state index >= 15 is 0 Å². The van der Waals surface area contributed by atoms with E-state index in [1.54, 1.807) is 33.4 Å². The first-order valence-electron chi connectivity index (χ1n) is 19.1. The summed E-state index contributed by atoms with van der Waals surface area (Å²) in [5, 5.41) is 0. The molecule has 238 valence electrons. The minimum Gasteiger partial charge on any atom is -0.0654 e. The van der Waals surface area contributed by atoms with Crippen LogP contribution >= 0.6 is 0 Å². The highest BCUT2D eigenvalue weighted by Crippen LogP contribution is 2.60. The van der Waals surface area contributed by atoms with Crippen molar-refractivity contribution >= 4 is 0 Å². The number of rotatable bonds is 20. The van der Waals surface area contributed by atoms with Crippen LogP contribution in [-0.4, -0.2) is 0 Å². The van der Waals surface area contributed by atoms with Gasteiger partial charge in [0.25, 0.3) is 0 Å². The van der Waals surface area contributed by atoms with E-state index in [0.29, 0.717) is 0 Å². The molecule has 2 aliphatic rings. The van der Waals surface area contributed by atoms with E-state index in [4.69, 9.17) is 0 Å². The maximum atomic E-state index is 2.75. The lowest BCUT2D eigenvalue weighted by Crippen LogP contribution is -2.27. The van der Waals surface area contributed by atoms with Crippen LogP contribution in [0.5, 0.6) is 0 Å². The summed E-state index contributed by atoms with van der Waals surface area (Å²) in [6, 6.07) is 24.7. The highest BCUT2D eigenvalue weighted by atomic mass is 14.5. The Morgan fingerprint density at radius 3 is 0.977 bits per heavy atom. The Labute approximate surface area is 271 Å². The highest BCUT2D eigenvalue weighted by Gasteiger charge is 2.47. The normalized spacial score (nSPS) is 15.2. The topological polar surface area (TPSA) is 0 Å². The fraction of sp³-hybridized carbons (Fsp3) is 0.591. The third-order valence-corrected chi connectivity index (χ3v) is 11.5. The van der Waals surface area contributed by atoms with E-state index in [1.807, 2.05) is 0 Å². The Kier molecular flexibility index (Phi) is 11.8. The van der Waals surface area contributed by atoms with Gasteiger partial charge >= 0.3 is 0 Å². The van der Waals surface area contributed by atoms with Gasteiger partial charge in [0, 0.05) is 10.8 Å². The van der Waals surface area contributed by atoms with E-state index in [2.05, 4.69) is 88.4 Å². The van der Waals surface area contributed by atoms with Crippen molar-refractivity contribution < 1.29 is 0 Å². The fourth-order valence-corrected chi connectivity index (χ4v) is 9.14. The van der Waals surface area contributed by atoms with Gasteiger partial charge in [-0.2, -0.15) is 0 Å². The third kappa shape index (κ3) is 6.48. The van der Waals surface area contributed by atoms with Crippen LogP contribution in [0.25, 0.3) is 22.3 Å². The summed E-state index contributed by atoms with van der Waals surface area (Å²) >= 11 is 0. The Hall–Kier alpha value is -2.34. The Balaban J connectivity index is 1.65. The van der Waals surface area contributed by atoms with Crippen LogP contribution < -0.4 is 0 Å². The highest BCUT2D eigenvalue weighted by molar-refractivity contribution is 5.90. The van der Waals surface area contributed by atoms with Gasteiger partial charge < -0.3 is 0 Å². The molecule has 0 aliphatic heterocycles. The van der Waals surface area contributed by atoms with Crippen LogP contribution in [0, 0.1) is 0 Å². The molecule has 0 unspecified atom stereocenters. The monoisotopic (exact) mass is 590 g/mol. The van der Waals surface area contributed by atoms with Crippen LogP contribution in [0.3, 0.4) is 0 Å². The smallest absolute Gasteiger partial charge is 0.0215 e. The Morgan fingerprint density at radius 1 is 0.341 bits per heavy atom. The summed E-state index contributed by atoms with van der Waals surface area (Å²) in [4.78, 5) is 0. The van der Waals surface area contributed by atoms with Crippen LogP contribution in [0.2, 0.25) is 0 Å². The average molecular weight is 591 g/mol. The number of benzene rings is 3. The quantitative estimate of drug-likeness (QED) is 0.115. The SMILES string of the molecule is CCCCCCC1(CCCCCC)c2ccccc2-c2cc3c(cc21)-c1ccccc1C3(CCCCCC)CCCCCC. The standard InChI is InChI=1S/C44H62/c1-5-9-13-21-29-43(30-22-14-10-6-2)39-27-19-17-25-35(39)37-34-42-38(33-41(37)43)36-26-18-20-28-40(36)44(42,31-23-15-11-7-3)32-24-16-12-8-4/h17-20,25-28,33-34H,5-16,21-24,29-32H2,1-4H3. The molecule has 0 fully saturated rings. The molecule has 5 rings (SSSR count). The molecule has 0 heteroatoms. The Morgan fingerprint density at radius 2 is 0.659 bits per heavy atom. The van der Waals surface area contributed by atoms with E-state index in [-0.39, 0.29) is 10.8 Å². The first-order chi connectivity index (χ1) is 21.7. The van der Waals surface area contributed by atoms with E-state index in [1.165, 1.54) is 140 Å². The molecule has 0 saturated heterocycles. The summed E-state index contributed by atoms with van der Waals surface area (Å²) in [6.07, 6.45) is 26.6. The van der Waals surface area contributed by atoms with Gasteiger partial charge in [-0.1, -0.05) is 179 Å². The molecule has 2 aliphatic carbocycles. The van der Waals surface area contributed by atoms with Crippen molar-refractivity contribution in [3.05, 3.63) is 82.9 Å². The molecule has 0 radical (unpaired) electrons. The molecule has 0 N–H and O–H groups in total. The molecule has 3 aromatic rings. The van der Waals surface area contributed by atoms with E-state index in [0.717, 1.165) is 0 Å². The molecular weight excluding hydrogens is 528 g/mol. The molecule has 0 nitrogen and oxygen atoms in total. The van der Waals surface area contributed by atoms with E-state index < -0.39 is 0 Å². The van der Waals surface area contributed by atoms with Gasteiger partial charge in [-0.15, -0.1) is 0 Å². The second kappa shape index (κ2) is 15.8. The summed E-state index contributed by atoms with van der Waals surface area (Å²) in [6.45, 7) is 9.38. The molecule has 0 aromatic heterocycles. The lowest BCUT2D eigenvalue weighted by molar-refractivity contribution is 0.397. The zero-order valence-electron chi connectivity index (χ0n) is 28.9. The summed E-state index contributed by atoms with van der Waals surface area (Å²) < 4.78 is 0. The molecule has 44 heavy (non-hydrogen) atoms. The second-order valence-electron chi connectivity index (χ2n) is 14.4. The molecule has 0 heterocycles. The molecule has 0 atom stereocenters. The molecule has 0 spiro atoms. The van der Waals surface area contributed by atoms with E-state index in [9.17, 15) is 0 Å². The van der Waals surface area contributed by atoms with Crippen molar-refractivity contribution in [2.24, 2.45) is 0 Å². The number of fused-ring (bicyclic) bond motifs is 6. The van der Waals surface area contributed by atoms with Crippen LogP contribution in [0.4, 0.5) is 0 Å². The maximum Gasteiger partial charge on any atom is 0.0215 e. The van der Waals surface area contributed by atoms with Crippen molar-refractivity contribution in [1.29, 1.82) is 0 Å². The number of unbranched alkanes of at least 4 members (excludes halogenated alkanes) is 12. The van der Waals surface area contributed by atoms with Crippen LogP contribution in [0.1, 0.15) is 178 Å². The van der Waals surface area contributed by atoms with Crippen LogP contribution in [0.15, 0.2) is 60.7 Å². The van der Waals surface area contributed by atoms with Gasteiger partial charge in [0.2, 0.25) is 0 Å². The van der Waals surface area contributed by atoms with Crippen molar-refractivity contribution in [2.75, 3.05) is 0 Å². The summed E-state index contributed by atoms with van der Waals surface area (Å²) in [5.74, 6) is 0. The average Bonchev–Trinajstić information content (AvgIpc) is 3.48. The number of hydrogen-bond donors (Lipinski definition) is 0. The van der Waals surface area contributed by atoms with Crippen molar-refractivity contribution in [3.63, 3.8) is 0 Å². The van der Waals surface area contributed by atoms with Crippen molar-refractivity contribution in [3.8, 4) is 22.3 Å². The lowest BCUT2D eigenvalue weighted by Gasteiger charge is -2.35. The second-order valence-corrected chi connectivity index (χ2v) is 14.4. The zero-order valence-corrected chi connectivity index (χ0v) is 28.9. The van der Waals surface area contributed by atoms with Crippen molar-refractivity contribution in [2.45, 2.75) is 167 Å². The minimum atomic E-state index is 0.158. The third-order valence-electron chi connectivity index (χ3n) is 11.5. The van der Waals surface area contributed by atoms with Gasteiger partial charge in [-0.05, 0) is 82.3 Å². The van der Waals surface area contributed by atoms with Gasteiger partial charge in [-0.3, -0.25) is 0 Å². The van der Waals surface area contributed by atoms with Gasteiger partial charge in [0.15, 0.2) is 0 Å². The summed E-state index contributed by atoms with van der Waals surface area (Å²) in [7, 11) is 0. The maximum absolute atomic E-state index is 2.75. The fourth-order valence-electron chi connectivity index (χ4n) is 9.14. The molecule has 0 amide bonds. The van der Waals surface area contributed by atoms with Gasteiger partial charge in [0.1, 0.15) is 0 Å². The predicted octanol–water partition coefficient (Wildman–Crippen LogP) is 14.1. The predicted molar refractivity (Wildman–Crippen MR) is 194 cm³/mol. The molecular formula is C44H62. The van der Waals surface area contributed by atoms with Crippen LogP contribution in [-0.2, 0) is 10.8 Å². The van der Waals surface area contributed by atoms with Crippen molar-refractivity contribution in [1.82, 2.24) is 0 Å². The molecule has 0 saturated carbocycles. The molecule has 3 aromatic carbocycles.